The van der Waals surface area contributed by atoms with Crippen LogP contribution >= 0.6 is 15.9 Å². The fourth-order valence-electron chi connectivity index (χ4n) is 2.22. The molecule has 4 aromatic rings. The molecule has 0 fully saturated rings. The molecule has 0 spiro atoms. The van der Waals surface area contributed by atoms with Crippen LogP contribution < -0.4 is 0 Å². The van der Waals surface area contributed by atoms with Gasteiger partial charge in [-0.25, -0.2) is 4.98 Å². The highest BCUT2D eigenvalue weighted by atomic mass is 79.9. The van der Waals surface area contributed by atoms with Gasteiger partial charge in [-0.3, -0.25) is 0 Å². The first-order valence-corrected chi connectivity index (χ1v) is 7.50. The molecule has 0 aliphatic heterocycles. The molecular formula is C16H10BrN5. The van der Waals surface area contributed by atoms with Crippen LogP contribution in [0.2, 0.25) is 0 Å². The van der Waals surface area contributed by atoms with Gasteiger partial charge in [-0.05, 0) is 12.1 Å². The number of aromatic nitrogens is 5. The van der Waals surface area contributed by atoms with Crippen LogP contribution in [0.15, 0.2) is 65.3 Å². The van der Waals surface area contributed by atoms with E-state index in [4.69, 9.17) is 0 Å². The van der Waals surface area contributed by atoms with E-state index in [2.05, 4.69) is 36.2 Å². The van der Waals surface area contributed by atoms with Gasteiger partial charge < -0.3 is 0 Å². The maximum atomic E-state index is 4.53. The normalized spacial score (nSPS) is 11.0. The van der Waals surface area contributed by atoms with Gasteiger partial charge in [-0.2, -0.15) is 9.61 Å². The summed E-state index contributed by atoms with van der Waals surface area (Å²) < 4.78 is 2.66. The summed E-state index contributed by atoms with van der Waals surface area (Å²) in [7, 11) is 0. The highest BCUT2D eigenvalue weighted by Gasteiger charge is 2.11. The minimum absolute atomic E-state index is 0.485. The largest absolute Gasteiger partial charge is 0.272 e. The van der Waals surface area contributed by atoms with Gasteiger partial charge in [0.05, 0.1) is 11.9 Å². The number of fused-ring (bicyclic) bond motifs is 1. The summed E-state index contributed by atoms with van der Waals surface area (Å²) in [6, 6.07) is 17.7. The third kappa shape index (κ3) is 2.27. The van der Waals surface area contributed by atoms with E-state index in [-0.39, 0.29) is 0 Å². The molecule has 0 amide bonds. The molecule has 0 bridgehead atoms. The molecule has 2 aromatic heterocycles. The van der Waals surface area contributed by atoms with Crippen molar-refractivity contribution >= 4 is 21.7 Å². The first-order valence-electron chi connectivity index (χ1n) is 6.71. The summed E-state index contributed by atoms with van der Waals surface area (Å²) in [5.74, 6) is 1.16. The molecule has 0 aliphatic rings. The van der Waals surface area contributed by atoms with Crippen molar-refractivity contribution in [1.29, 1.82) is 0 Å². The SMILES string of the molecule is Brc1ccc(-c2nnc3nc(-c4ccccc4)cnn23)cc1. The van der Waals surface area contributed by atoms with Crippen LogP contribution in [0.4, 0.5) is 0 Å². The lowest BCUT2D eigenvalue weighted by molar-refractivity contribution is 0.909. The second-order valence-electron chi connectivity index (χ2n) is 4.75. The minimum atomic E-state index is 0.485. The number of benzene rings is 2. The van der Waals surface area contributed by atoms with Crippen LogP contribution in [0.3, 0.4) is 0 Å². The molecule has 0 aliphatic carbocycles. The lowest BCUT2D eigenvalue weighted by Crippen LogP contribution is -1.98. The maximum absolute atomic E-state index is 4.53. The van der Waals surface area contributed by atoms with E-state index in [9.17, 15) is 0 Å². The van der Waals surface area contributed by atoms with Gasteiger partial charge in [0, 0.05) is 15.6 Å². The van der Waals surface area contributed by atoms with Crippen LogP contribution in [0.25, 0.3) is 28.4 Å². The van der Waals surface area contributed by atoms with Gasteiger partial charge in [-0.1, -0.05) is 58.4 Å². The average Bonchev–Trinajstić information content (AvgIpc) is 2.99. The number of hydrogen-bond donors (Lipinski definition) is 0. The Morgan fingerprint density at radius 2 is 1.59 bits per heavy atom. The molecule has 0 N–H and O–H groups in total. The van der Waals surface area contributed by atoms with Crippen LogP contribution in [0.5, 0.6) is 0 Å². The van der Waals surface area contributed by atoms with Crippen LogP contribution in [0.1, 0.15) is 0 Å². The quantitative estimate of drug-likeness (QED) is 0.553. The van der Waals surface area contributed by atoms with E-state index < -0.39 is 0 Å². The summed E-state index contributed by atoms with van der Waals surface area (Å²) in [6.45, 7) is 0. The van der Waals surface area contributed by atoms with Crippen molar-refractivity contribution < 1.29 is 0 Å². The predicted octanol–water partition coefficient (Wildman–Crippen LogP) is 3.62. The summed E-state index contributed by atoms with van der Waals surface area (Å²) in [5, 5.41) is 12.8. The first-order chi connectivity index (χ1) is 10.8. The molecule has 2 aromatic carbocycles. The Labute approximate surface area is 134 Å². The van der Waals surface area contributed by atoms with Gasteiger partial charge in [0.25, 0.3) is 5.78 Å². The van der Waals surface area contributed by atoms with Crippen molar-refractivity contribution in [3.8, 4) is 22.6 Å². The fraction of sp³-hybridized carbons (Fsp3) is 0. The second-order valence-corrected chi connectivity index (χ2v) is 5.67. The Kier molecular flexibility index (Phi) is 3.16. The van der Waals surface area contributed by atoms with Gasteiger partial charge >= 0.3 is 0 Å². The van der Waals surface area contributed by atoms with Gasteiger partial charge in [-0.15, -0.1) is 10.2 Å². The van der Waals surface area contributed by atoms with E-state index in [0.717, 1.165) is 21.3 Å². The molecule has 0 atom stereocenters. The highest BCUT2D eigenvalue weighted by Crippen LogP contribution is 2.21. The van der Waals surface area contributed by atoms with Crippen LogP contribution in [-0.4, -0.2) is 24.8 Å². The van der Waals surface area contributed by atoms with Crippen LogP contribution in [0, 0.1) is 0 Å². The summed E-state index contributed by atoms with van der Waals surface area (Å²) in [5.41, 5.74) is 2.73. The molecule has 106 valence electrons. The maximum Gasteiger partial charge on any atom is 0.272 e. The smallest absolute Gasteiger partial charge is 0.208 e. The topological polar surface area (TPSA) is 56.0 Å². The van der Waals surface area contributed by atoms with E-state index >= 15 is 0 Å². The minimum Gasteiger partial charge on any atom is -0.208 e. The monoisotopic (exact) mass is 351 g/mol. The third-order valence-corrected chi connectivity index (χ3v) is 3.84. The lowest BCUT2D eigenvalue weighted by atomic mass is 10.2. The van der Waals surface area contributed by atoms with Gasteiger partial charge in [0.15, 0.2) is 5.82 Å². The van der Waals surface area contributed by atoms with E-state index in [1.54, 1.807) is 10.7 Å². The Balaban J connectivity index is 1.82. The molecular weight excluding hydrogens is 342 g/mol. The Bertz CT molecular complexity index is 932. The van der Waals surface area contributed by atoms with Gasteiger partial charge in [0.2, 0.25) is 0 Å². The fourth-order valence-corrected chi connectivity index (χ4v) is 2.49. The second kappa shape index (κ2) is 5.31. The molecule has 6 heteroatoms. The standard InChI is InChI=1S/C16H10BrN5/c17-13-8-6-12(7-9-13)15-20-21-16-19-14(10-18-22(15)16)11-4-2-1-3-5-11/h1-10H. The molecule has 2 heterocycles. The van der Waals surface area contributed by atoms with Gasteiger partial charge in [0.1, 0.15) is 0 Å². The number of halogens is 1. The Morgan fingerprint density at radius 1 is 0.818 bits per heavy atom. The lowest BCUT2D eigenvalue weighted by Gasteiger charge is -2.01. The van der Waals surface area contributed by atoms with E-state index in [0.29, 0.717) is 11.6 Å². The molecule has 0 saturated carbocycles. The van der Waals surface area contributed by atoms with Crippen molar-refractivity contribution in [2.75, 3.05) is 0 Å². The highest BCUT2D eigenvalue weighted by molar-refractivity contribution is 9.10. The molecule has 0 unspecified atom stereocenters. The average molecular weight is 352 g/mol. The van der Waals surface area contributed by atoms with E-state index in [1.807, 2.05) is 54.6 Å². The van der Waals surface area contributed by atoms with Crippen molar-refractivity contribution in [1.82, 2.24) is 24.8 Å². The summed E-state index contributed by atoms with van der Waals surface area (Å²) >= 11 is 3.42. The number of hydrogen-bond acceptors (Lipinski definition) is 4. The van der Waals surface area contributed by atoms with Crippen molar-refractivity contribution in [2.45, 2.75) is 0 Å². The number of rotatable bonds is 2. The zero-order valence-corrected chi connectivity index (χ0v) is 13.0. The molecule has 22 heavy (non-hydrogen) atoms. The Morgan fingerprint density at radius 3 is 2.36 bits per heavy atom. The predicted molar refractivity (Wildman–Crippen MR) is 87.1 cm³/mol. The number of nitrogens with zero attached hydrogens (tertiary/aromatic N) is 5. The van der Waals surface area contributed by atoms with Crippen molar-refractivity contribution in [2.24, 2.45) is 0 Å². The summed E-state index contributed by atoms with van der Waals surface area (Å²) in [4.78, 5) is 4.53. The molecule has 4 rings (SSSR count). The molecule has 5 nitrogen and oxygen atoms in total. The summed E-state index contributed by atoms with van der Waals surface area (Å²) in [6.07, 6.45) is 1.73. The van der Waals surface area contributed by atoms with Crippen LogP contribution in [-0.2, 0) is 0 Å². The zero-order valence-electron chi connectivity index (χ0n) is 11.4. The third-order valence-electron chi connectivity index (χ3n) is 3.31. The van der Waals surface area contributed by atoms with Crippen molar-refractivity contribution in [3.05, 3.63) is 65.3 Å². The van der Waals surface area contributed by atoms with E-state index in [1.165, 1.54) is 0 Å². The van der Waals surface area contributed by atoms with Crippen molar-refractivity contribution in [3.63, 3.8) is 0 Å². The first kappa shape index (κ1) is 13.1. The Hall–Kier alpha value is -2.60. The zero-order chi connectivity index (χ0) is 14.9. The molecule has 0 saturated heterocycles. The molecule has 0 radical (unpaired) electrons.